The Labute approximate surface area is 105 Å². The first-order chi connectivity index (χ1) is 8.15. The Balaban J connectivity index is 2.03. The van der Waals surface area contributed by atoms with E-state index in [1.807, 2.05) is 6.07 Å². The van der Waals surface area contributed by atoms with Crippen LogP contribution in [-0.4, -0.2) is 11.1 Å². The minimum Gasteiger partial charge on any atom is -0.481 e. The molecule has 2 aliphatic rings. The summed E-state index contributed by atoms with van der Waals surface area (Å²) in [7, 11) is 0. The van der Waals surface area contributed by atoms with Gasteiger partial charge in [0.2, 0.25) is 0 Å². The molecule has 1 aromatic rings. The van der Waals surface area contributed by atoms with Crippen LogP contribution in [0.25, 0.3) is 6.08 Å². The molecule has 1 atom stereocenters. The molecule has 0 aromatic heterocycles. The number of allylic oxidation sites excluding steroid dienone is 1. The lowest BCUT2D eigenvalue weighted by atomic mass is 9.99. The van der Waals surface area contributed by atoms with Gasteiger partial charge < -0.3 is 5.11 Å². The van der Waals surface area contributed by atoms with Crippen molar-refractivity contribution in [3.8, 4) is 0 Å². The Morgan fingerprint density at radius 2 is 2.12 bits per heavy atom. The molecule has 0 heterocycles. The van der Waals surface area contributed by atoms with Gasteiger partial charge in [-0.05, 0) is 54.5 Å². The van der Waals surface area contributed by atoms with E-state index in [1.54, 1.807) is 0 Å². The summed E-state index contributed by atoms with van der Waals surface area (Å²) in [5.74, 6) is -1.11. The highest BCUT2D eigenvalue weighted by Gasteiger charge is 2.29. The minimum absolute atomic E-state index is 0.370. The number of benzene rings is 1. The molecule has 1 N–H and O–H groups in total. The van der Waals surface area contributed by atoms with E-state index in [4.69, 9.17) is 16.7 Å². The van der Waals surface area contributed by atoms with Gasteiger partial charge >= 0.3 is 5.97 Å². The van der Waals surface area contributed by atoms with Crippen molar-refractivity contribution in [1.29, 1.82) is 0 Å². The first kappa shape index (κ1) is 10.8. The third-order valence-electron chi connectivity index (χ3n) is 3.53. The largest absolute Gasteiger partial charge is 0.481 e. The zero-order valence-electron chi connectivity index (χ0n) is 9.37. The van der Waals surface area contributed by atoms with Crippen molar-refractivity contribution >= 4 is 23.6 Å². The highest BCUT2D eigenvalue weighted by atomic mass is 35.5. The van der Waals surface area contributed by atoms with Gasteiger partial charge in [0, 0.05) is 5.02 Å². The van der Waals surface area contributed by atoms with Crippen LogP contribution in [0.15, 0.2) is 17.7 Å². The molecule has 1 fully saturated rings. The van der Waals surface area contributed by atoms with Crippen LogP contribution in [0, 0.1) is 0 Å². The molecule has 17 heavy (non-hydrogen) atoms. The second kappa shape index (κ2) is 3.88. The Hall–Kier alpha value is -1.28. The highest BCUT2D eigenvalue weighted by molar-refractivity contribution is 6.32. The summed E-state index contributed by atoms with van der Waals surface area (Å²) in [6.45, 7) is 0. The maximum absolute atomic E-state index is 11.1. The van der Waals surface area contributed by atoms with E-state index in [9.17, 15) is 4.79 Å². The van der Waals surface area contributed by atoms with Gasteiger partial charge in [-0.15, -0.1) is 0 Å². The van der Waals surface area contributed by atoms with E-state index >= 15 is 0 Å². The Kier molecular flexibility index (Phi) is 2.48. The van der Waals surface area contributed by atoms with Crippen LogP contribution in [0.5, 0.6) is 0 Å². The van der Waals surface area contributed by atoms with E-state index in [0.29, 0.717) is 11.4 Å². The standard InChI is InChI=1S/C14H13ClO2/c15-13-7-12-9(3-4-11(12)14(16)17)6-10(13)5-8-1-2-8/h5-7,11H,1-4H2,(H,16,17). The van der Waals surface area contributed by atoms with Crippen LogP contribution in [0.2, 0.25) is 5.02 Å². The van der Waals surface area contributed by atoms with E-state index in [1.165, 1.54) is 18.4 Å². The number of aliphatic carboxylic acids is 1. The molecule has 0 aliphatic heterocycles. The van der Waals surface area contributed by atoms with Gasteiger partial charge in [-0.25, -0.2) is 0 Å². The number of carbonyl (C=O) groups is 1. The normalized spacial score (nSPS) is 21.2. The van der Waals surface area contributed by atoms with Gasteiger partial charge in [0.05, 0.1) is 5.92 Å². The number of halogens is 1. The summed E-state index contributed by atoms with van der Waals surface area (Å²) in [5.41, 5.74) is 4.53. The van der Waals surface area contributed by atoms with E-state index in [-0.39, 0.29) is 5.92 Å². The van der Waals surface area contributed by atoms with Crippen molar-refractivity contribution in [2.75, 3.05) is 0 Å². The van der Waals surface area contributed by atoms with Gasteiger partial charge in [-0.2, -0.15) is 0 Å². The minimum atomic E-state index is -0.742. The van der Waals surface area contributed by atoms with Gasteiger partial charge in [0.1, 0.15) is 0 Å². The number of carboxylic acid groups (broad SMARTS) is 1. The molecule has 0 saturated heterocycles. The lowest BCUT2D eigenvalue weighted by Gasteiger charge is -2.08. The summed E-state index contributed by atoms with van der Waals surface area (Å²) in [4.78, 5) is 11.1. The predicted octanol–water partition coefficient (Wildman–Crippen LogP) is 3.63. The summed E-state index contributed by atoms with van der Waals surface area (Å²) < 4.78 is 0. The second-order valence-electron chi connectivity index (χ2n) is 4.80. The molecular formula is C14H13ClO2. The fourth-order valence-corrected chi connectivity index (χ4v) is 2.68. The van der Waals surface area contributed by atoms with Crippen LogP contribution in [0.3, 0.4) is 0 Å². The highest BCUT2D eigenvalue weighted by Crippen LogP contribution is 2.38. The summed E-state index contributed by atoms with van der Waals surface area (Å²) in [6.07, 6.45) is 6.02. The lowest BCUT2D eigenvalue weighted by Crippen LogP contribution is -2.07. The van der Waals surface area contributed by atoms with Crippen molar-refractivity contribution in [1.82, 2.24) is 0 Å². The molecule has 3 rings (SSSR count). The summed E-state index contributed by atoms with van der Waals surface area (Å²) in [6, 6.07) is 3.91. The topological polar surface area (TPSA) is 37.3 Å². The quantitative estimate of drug-likeness (QED) is 0.868. The maximum Gasteiger partial charge on any atom is 0.310 e. The van der Waals surface area contributed by atoms with E-state index < -0.39 is 5.97 Å². The molecule has 0 radical (unpaired) electrons. The Morgan fingerprint density at radius 3 is 2.76 bits per heavy atom. The van der Waals surface area contributed by atoms with Crippen molar-refractivity contribution < 1.29 is 9.90 Å². The number of rotatable bonds is 2. The molecule has 2 aliphatic carbocycles. The molecule has 0 bridgehead atoms. The van der Waals surface area contributed by atoms with Crippen LogP contribution in [0.1, 0.15) is 41.9 Å². The Morgan fingerprint density at radius 1 is 1.35 bits per heavy atom. The average molecular weight is 249 g/mol. The summed E-state index contributed by atoms with van der Waals surface area (Å²) >= 11 is 6.21. The van der Waals surface area contributed by atoms with Crippen LogP contribution in [0.4, 0.5) is 0 Å². The maximum atomic E-state index is 11.1. The van der Waals surface area contributed by atoms with Crippen molar-refractivity contribution in [2.24, 2.45) is 0 Å². The van der Waals surface area contributed by atoms with Gasteiger partial charge in [0.15, 0.2) is 0 Å². The van der Waals surface area contributed by atoms with Crippen molar-refractivity contribution in [3.05, 3.63) is 39.4 Å². The molecule has 3 heteroatoms. The van der Waals surface area contributed by atoms with Crippen molar-refractivity contribution in [2.45, 2.75) is 31.6 Å². The molecule has 88 valence electrons. The van der Waals surface area contributed by atoms with Crippen LogP contribution >= 0.6 is 11.6 Å². The monoisotopic (exact) mass is 248 g/mol. The third-order valence-corrected chi connectivity index (χ3v) is 3.86. The number of fused-ring (bicyclic) bond motifs is 1. The summed E-state index contributed by atoms with van der Waals surface area (Å²) in [5, 5.41) is 9.80. The molecule has 1 aromatic carbocycles. The smallest absolute Gasteiger partial charge is 0.310 e. The zero-order chi connectivity index (χ0) is 12.0. The molecule has 1 unspecified atom stereocenters. The van der Waals surface area contributed by atoms with Crippen LogP contribution < -0.4 is 0 Å². The molecule has 1 saturated carbocycles. The number of hydrogen-bond acceptors (Lipinski definition) is 1. The molecule has 0 amide bonds. The van der Waals surface area contributed by atoms with Gasteiger partial charge in [-0.1, -0.05) is 23.3 Å². The first-order valence-corrected chi connectivity index (χ1v) is 6.27. The van der Waals surface area contributed by atoms with Gasteiger partial charge in [0.25, 0.3) is 0 Å². The zero-order valence-corrected chi connectivity index (χ0v) is 10.1. The van der Waals surface area contributed by atoms with Crippen LogP contribution in [-0.2, 0) is 11.2 Å². The molecule has 0 spiro atoms. The SMILES string of the molecule is O=C(O)C1CCc2cc(C=C3CC3)c(Cl)cc21. The third kappa shape index (κ3) is 1.98. The van der Waals surface area contributed by atoms with E-state index in [0.717, 1.165) is 23.1 Å². The average Bonchev–Trinajstić information content (AvgIpc) is 2.98. The lowest BCUT2D eigenvalue weighted by molar-refractivity contribution is -0.138. The Bertz CT molecular complexity index is 525. The predicted molar refractivity (Wildman–Crippen MR) is 67.4 cm³/mol. The van der Waals surface area contributed by atoms with Gasteiger partial charge in [-0.3, -0.25) is 4.79 Å². The first-order valence-electron chi connectivity index (χ1n) is 5.90. The molecular weight excluding hydrogens is 236 g/mol. The molecule has 2 nitrogen and oxygen atoms in total. The fraction of sp³-hybridized carbons (Fsp3) is 0.357. The number of hydrogen-bond donors (Lipinski definition) is 1. The van der Waals surface area contributed by atoms with E-state index in [2.05, 4.69) is 12.1 Å². The number of aryl methyl sites for hydroxylation is 1. The second-order valence-corrected chi connectivity index (χ2v) is 5.21. The number of carboxylic acids is 1. The fourth-order valence-electron chi connectivity index (χ4n) is 2.45. The van der Waals surface area contributed by atoms with Crippen molar-refractivity contribution in [3.63, 3.8) is 0 Å².